The molecule has 1 rings (SSSR count). The second-order valence-electron chi connectivity index (χ2n) is 3.73. The van der Waals surface area contributed by atoms with E-state index in [0.29, 0.717) is 5.69 Å². The van der Waals surface area contributed by atoms with Crippen molar-refractivity contribution < 1.29 is 24.5 Å². The fourth-order valence-electron chi connectivity index (χ4n) is 0.944. The third kappa shape index (κ3) is 6.16. The van der Waals surface area contributed by atoms with Crippen molar-refractivity contribution in [2.24, 2.45) is 0 Å². The molecule has 0 spiro atoms. The summed E-state index contributed by atoms with van der Waals surface area (Å²) in [6, 6.07) is 6.38. The van der Waals surface area contributed by atoms with E-state index in [1.54, 1.807) is 19.2 Å². The number of amides is 2. The van der Waals surface area contributed by atoms with E-state index in [1.807, 2.05) is 0 Å². The Morgan fingerprint density at radius 2 is 1.74 bits per heavy atom. The summed E-state index contributed by atoms with van der Waals surface area (Å²) in [4.78, 5) is 23.1. The first-order valence-corrected chi connectivity index (χ1v) is 5.30. The highest BCUT2D eigenvalue weighted by Gasteiger charge is 2.09. The highest BCUT2D eigenvalue weighted by molar-refractivity contribution is 5.87. The van der Waals surface area contributed by atoms with Crippen molar-refractivity contribution in [1.82, 2.24) is 4.90 Å². The number of phenolic OH excluding ortho intramolecular Hbond substituents is 1. The highest BCUT2D eigenvalue weighted by Crippen LogP contribution is 2.18. The number of phenols is 1. The summed E-state index contributed by atoms with van der Waals surface area (Å²) in [7, 11) is 5.83. The van der Waals surface area contributed by atoms with Crippen molar-refractivity contribution in [3.8, 4) is 5.75 Å². The molecule has 0 unspecified atom stereocenters. The van der Waals surface area contributed by atoms with Crippen LogP contribution >= 0.6 is 0 Å². The molecule has 0 bridgehead atoms. The lowest BCUT2D eigenvalue weighted by atomic mass is 10.3. The number of carboxylic acid groups (broad SMARTS) is 1. The summed E-state index contributed by atoms with van der Waals surface area (Å²) in [5, 5.41) is 17.1. The van der Waals surface area contributed by atoms with Gasteiger partial charge in [-0.25, -0.2) is 9.59 Å². The first kappa shape index (κ1) is 16.6. The molecule has 0 fully saturated rings. The van der Waals surface area contributed by atoms with E-state index < -0.39 is 12.2 Å². The van der Waals surface area contributed by atoms with Crippen LogP contribution in [0.25, 0.3) is 0 Å². The van der Waals surface area contributed by atoms with Gasteiger partial charge in [-0.2, -0.15) is 0 Å². The van der Waals surface area contributed by atoms with Gasteiger partial charge < -0.3 is 19.8 Å². The van der Waals surface area contributed by atoms with Gasteiger partial charge in [-0.05, 0) is 12.1 Å². The maximum absolute atomic E-state index is 11.0. The van der Waals surface area contributed by atoms with E-state index in [2.05, 4.69) is 4.74 Å². The number of carbonyl (C=O) groups excluding carboxylic acids is 1. The number of nitrogens with zero attached hydrogens (tertiary/aromatic N) is 2. The Kier molecular flexibility index (Phi) is 6.80. The summed E-state index contributed by atoms with van der Waals surface area (Å²) >= 11 is 0. The van der Waals surface area contributed by atoms with E-state index in [0.717, 1.165) is 4.90 Å². The van der Waals surface area contributed by atoms with Crippen molar-refractivity contribution in [3.63, 3.8) is 0 Å². The average molecular weight is 270 g/mol. The molecular formula is C12H18N2O5. The zero-order chi connectivity index (χ0) is 15.0. The minimum atomic E-state index is -0.907. The first-order valence-electron chi connectivity index (χ1n) is 5.30. The monoisotopic (exact) mass is 270 g/mol. The lowest BCUT2D eigenvalue weighted by Gasteiger charge is -2.15. The van der Waals surface area contributed by atoms with Crippen LogP contribution in [0.15, 0.2) is 24.3 Å². The molecule has 2 amide bonds. The van der Waals surface area contributed by atoms with Crippen molar-refractivity contribution >= 4 is 17.9 Å². The molecule has 7 heteroatoms. The molecule has 0 saturated carbocycles. The molecule has 1 aromatic rings. The van der Waals surface area contributed by atoms with E-state index in [1.165, 1.54) is 38.2 Å². The molecule has 1 aromatic carbocycles. The summed E-state index contributed by atoms with van der Waals surface area (Å²) in [5.74, 6) is 0.119. The minimum Gasteiger partial charge on any atom is -0.508 e. The van der Waals surface area contributed by atoms with Crippen LogP contribution in [0.4, 0.5) is 15.3 Å². The van der Waals surface area contributed by atoms with Crippen LogP contribution in [0.5, 0.6) is 5.75 Å². The highest BCUT2D eigenvalue weighted by atomic mass is 16.5. The van der Waals surface area contributed by atoms with Crippen molar-refractivity contribution in [3.05, 3.63) is 24.3 Å². The van der Waals surface area contributed by atoms with Gasteiger partial charge >= 0.3 is 12.2 Å². The maximum Gasteiger partial charge on any atom is 0.413 e. The summed E-state index contributed by atoms with van der Waals surface area (Å²) in [6.07, 6.45) is -1.37. The van der Waals surface area contributed by atoms with Crippen LogP contribution in [0, 0.1) is 0 Å². The molecule has 19 heavy (non-hydrogen) atoms. The lowest BCUT2D eigenvalue weighted by Crippen LogP contribution is -2.25. The van der Waals surface area contributed by atoms with Gasteiger partial charge in [-0.3, -0.25) is 4.90 Å². The quantitative estimate of drug-likeness (QED) is 0.812. The first-order chi connectivity index (χ1) is 8.79. The Balaban J connectivity index is 0.000000459. The number of aromatic hydroxyl groups is 1. The topological polar surface area (TPSA) is 90.3 Å². The molecule has 7 nitrogen and oxygen atoms in total. The van der Waals surface area contributed by atoms with Crippen molar-refractivity contribution in [1.29, 1.82) is 0 Å². The van der Waals surface area contributed by atoms with Gasteiger partial charge in [0.05, 0.1) is 12.8 Å². The van der Waals surface area contributed by atoms with E-state index in [4.69, 9.17) is 10.2 Å². The molecule has 0 heterocycles. The molecular weight excluding hydrogens is 252 g/mol. The Labute approximate surface area is 111 Å². The number of hydrogen-bond acceptors (Lipinski definition) is 4. The number of methoxy groups -OCH3 is 1. The number of carbonyl (C=O) groups is 2. The van der Waals surface area contributed by atoms with Gasteiger partial charge in [0, 0.05) is 27.2 Å². The van der Waals surface area contributed by atoms with Gasteiger partial charge in [0.15, 0.2) is 0 Å². The molecule has 0 aromatic heterocycles. The Morgan fingerprint density at radius 1 is 1.21 bits per heavy atom. The predicted octanol–water partition coefficient (Wildman–Crippen LogP) is 1.82. The SMILES string of the molecule is CN(C)C(=O)O.COC(=O)N(C)c1cccc(O)c1. The molecule has 2 N–H and O–H groups in total. The second-order valence-corrected chi connectivity index (χ2v) is 3.73. The molecule has 0 aliphatic heterocycles. The van der Waals surface area contributed by atoms with Gasteiger partial charge in [0.1, 0.15) is 5.75 Å². The number of ether oxygens (including phenoxy) is 1. The summed E-state index contributed by atoms with van der Waals surface area (Å²) in [5.41, 5.74) is 0.590. The van der Waals surface area contributed by atoms with Crippen LogP contribution in [0.3, 0.4) is 0 Å². The molecule has 0 aliphatic rings. The van der Waals surface area contributed by atoms with Crippen LogP contribution in [-0.4, -0.2) is 55.6 Å². The molecule has 0 atom stereocenters. The van der Waals surface area contributed by atoms with Gasteiger partial charge in [-0.15, -0.1) is 0 Å². The smallest absolute Gasteiger partial charge is 0.413 e. The fraction of sp³-hybridized carbons (Fsp3) is 0.333. The van der Waals surface area contributed by atoms with Crippen LogP contribution in [0.1, 0.15) is 0 Å². The Bertz CT molecular complexity index is 434. The maximum atomic E-state index is 11.0. The van der Waals surface area contributed by atoms with Crippen LogP contribution in [0.2, 0.25) is 0 Å². The molecule has 0 saturated heterocycles. The number of benzene rings is 1. The van der Waals surface area contributed by atoms with Crippen molar-refractivity contribution in [2.75, 3.05) is 33.2 Å². The number of rotatable bonds is 1. The summed E-state index contributed by atoms with van der Waals surface area (Å²) < 4.78 is 4.51. The average Bonchev–Trinajstić information content (AvgIpc) is 2.37. The Morgan fingerprint density at radius 3 is 2.11 bits per heavy atom. The summed E-state index contributed by atoms with van der Waals surface area (Å²) in [6.45, 7) is 0. The zero-order valence-electron chi connectivity index (χ0n) is 11.3. The number of anilines is 1. The normalized spacial score (nSPS) is 8.84. The third-order valence-corrected chi connectivity index (χ3v) is 2.05. The van der Waals surface area contributed by atoms with Crippen LogP contribution in [-0.2, 0) is 4.74 Å². The van der Waals surface area contributed by atoms with E-state index >= 15 is 0 Å². The molecule has 106 valence electrons. The van der Waals surface area contributed by atoms with Crippen LogP contribution < -0.4 is 4.90 Å². The lowest BCUT2D eigenvalue weighted by molar-refractivity contribution is 0.165. The Hall–Kier alpha value is -2.44. The fourth-order valence-corrected chi connectivity index (χ4v) is 0.944. The molecule has 0 aliphatic carbocycles. The zero-order valence-corrected chi connectivity index (χ0v) is 11.3. The largest absolute Gasteiger partial charge is 0.508 e. The molecule has 0 radical (unpaired) electrons. The van der Waals surface area contributed by atoms with E-state index in [9.17, 15) is 9.59 Å². The van der Waals surface area contributed by atoms with E-state index in [-0.39, 0.29) is 5.75 Å². The van der Waals surface area contributed by atoms with Gasteiger partial charge in [0.25, 0.3) is 0 Å². The number of hydrogen-bond donors (Lipinski definition) is 2. The predicted molar refractivity (Wildman–Crippen MR) is 70.6 cm³/mol. The van der Waals surface area contributed by atoms with Gasteiger partial charge in [-0.1, -0.05) is 6.07 Å². The third-order valence-electron chi connectivity index (χ3n) is 2.05. The second kappa shape index (κ2) is 7.80. The van der Waals surface area contributed by atoms with Crippen molar-refractivity contribution in [2.45, 2.75) is 0 Å². The standard InChI is InChI=1S/C9H11NO3.C3H7NO2/c1-10(9(12)13-2)7-4-3-5-8(11)6-7;1-4(2)3(5)6/h3-6,11H,1-2H3;1-2H3,(H,5,6). The van der Waals surface area contributed by atoms with Gasteiger partial charge in [0.2, 0.25) is 0 Å². The minimum absolute atomic E-state index is 0.119.